The lowest BCUT2D eigenvalue weighted by Crippen LogP contribution is -2.35. The Labute approximate surface area is 122 Å². The number of rotatable bonds is 1. The first-order valence-electron chi connectivity index (χ1n) is 6.21. The molecule has 3 nitrogen and oxygen atoms in total. The maximum absolute atomic E-state index is 11.8. The van der Waals surface area contributed by atoms with Gasteiger partial charge in [0.2, 0.25) is 0 Å². The maximum Gasteiger partial charge on any atom is 0.673 e. The normalized spacial score (nSPS) is 10.9. The molecule has 0 aliphatic heterocycles. The van der Waals surface area contributed by atoms with Crippen molar-refractivity contribution in [1.29, 1.82) is 0 Å². The lowest BCUT2D eigenvalue weighted by atomic mass is 10.2. The topological polar surface area (TPSA) is 34.1 Å². The van der Waals surface area contributed by atoms with Crippen LogP contribution < -0.4 is 10.2 Å². The highest BCUT2D eigenvalue weighted by Gasteiger charge is 2.20. The van der Waals surface area contributed by atoms with E-state index in [1.165, 1.54) is 0 Å². The van der Waals surface area contributed by atoms with Crippen LogP contribution in [0.15, 0.2) is 70.1 Å². The summed E-state index contributed by atoms with van der Waals surface area (Å²) in [5.41, 5.74) is 0.794. The molecule has 3 aromatic rings. The van der Waals surface area contributed by atoms with E-state index in [-0.39, 0.29) is 5.63 Å². The average Bonchev–Trinajstić information content (AvgIpc) is 2.46. The van der Waals surface area contributed by atoms with Crippen LogP contribution in [-0.4, -0.2) is 7.25 Å². The molecule has 0 aliphatic rings. The number of para-hydroxylation sites is 1. The van der Waals surface area contributed by atoms with E-state index in [2.05, 4.69) is 0 Å². The summed E-state index contributed by atoms with van der Waals surface area (Å²) in [6.07, 6.45) is 3.64. The number of halogens is 4. The third kappa shape index (κ3) is 4.44. The molecule has 3 rings (SSSR count). The van der Waals surface area contributed by atoms with Gasteiger partial charge in [-0.15, -0.1) is 0 Å². The van der Waals surface area contributed by atoms with E-state index in [0.29, 0.717) is 11.3 Å². The second-order valence-corrected chi connectivity index (χ2v) is 4.23. The Morgan fingerprint density at radius 1 is 0.909 bits per heavy atom. The molecular formula is C14H10BF4NO2. The van der Waals surface area contributed by atoms with Gasteiger partial charge in [-0.2, -0.15) is 4.57 Å². The van der Waals surface area contributed by atoms with E-state index in [9.17, 15) is 22.1 Å². The van der Waals surface area contributed by atoms with E-state index >= 15 is 0 Å². The molecule has 22 heavy (non-hydrogen) atoms. The molecule has 1 aromatic carbocycles. The molecule has 0 atom stereocenters. The van der Waals surface area contributed by atoms with Crippen LogP contribution in [0.4, 0.5) is 17.3 Å². The number of fused-ring (bicyclic) bond motifs is 1. The smallest absolute Gasteiger partial charge is 0.418 e. The average molecular weight is 311 g/mol. The van der Waals surface area contributed by atoms with Crippen molar-refractivity contribution in [3.05, 3.63) is 71.3 Å². The molecule has 0 N–H and O–H groups in total. The molecule has 2 aromatic heterocycles. The lowest BCUT2D eigenvalue weighted by Gasteiger charge is -1.97. The van der Waals surface area contributed by atoms with Crippen molar-refractivity contribution in [2.24, 2.45) is 0 Å². The van der Waals surface area contributed by atoms with E-state index in [1.807, 2.05) is 54.9 Å². The Morgan fingerprint density at radius 2 is 1.50 bits per heavy atom. The summed E-state index contributed by atoms with van der Waals surface area (Å²) in [6.45, 7) is 0. The highest BCUT2D eigenvalue weighted by atomic mass is 19.5. The Bertz CT molecular complexity index is 812. The number of benzene rings is 1. The molecule has 0 radical (unpaired) electrons. The molecule has 0 saturated heterocycles. The molecule has 0 saturated carbocycles. The van der Waals surface area contributed by atoms with Crippen LogP contribution in [0.25, 0.3) is 16.7 Å². The van der Waals surface area contributed by atoms with E-state index in [0.717, 1.165) is 5.39 Å². The Balaban J connectivity index is 0.000000309. The minimum atomic E-state index is -6.00. The van der Waals surface area contributed by atoms with Crippen LogP contribution in [0, 0.1) is 0 Å². The summed E-state index contributed by atoms with van der Waals surface area (Å²) in [4.78, 5) is 11.8. The Morgan fingerprint density at radius 3 is 2.14 bits per heavy atom. The molecular weight excluding hydrogens is 301 g/mol. The first-order chi connectivity index (χ1) is 10.3. The Hall–Kier alpha value is -2.64. The fraction of sp³-hybridized carbons (Fsp3) is 0. The van der Waals surface area contributed by atoms with Crippen molar-refractivity contribution >= 4 is 18.2 Å². The highest BCUT2D eigenvalue weighted by molar-refractivity contribution is 6.50. The minimum absolute atomic E-state index is 0.333. The molecule has 0 bridgehead atoms. The van der Waals surface area contributed by atoms with Gasteiger partial charge < -0.3 is 21.7 Å². The van der Waals surface area contributed by atoms with Gasteiger partial charge in [0.25, 0.3) is 5.69 Å². The van der Waals surface area contributed by atoms with E-state index < -0.39 is 7.25 Å². The third-order valence-electron chi connectivity index (χ3n) is 2.62. The van der Waals surface area contributed by atoms with Crippen LogP contribution in [0.3, 0.4) is 0 Å². The fourth-order valence-electron chi connectivity index (χ4n) is 1.79. The maximum atomic E-state index is 11.8. The number of hydrogen-bond acceptors (Lipinski definition) is 2. The van der Waals surface area contributed by atoms with Crippen molar-refractivity contribution in [2.75, 3.05) is 0 Å². The molecule has 0 unspecified atom stereocenters. The second kappa shape index (κ2) is 6.42. The monoisotopic (exact) mass is 311 g/mol. The third-order valence-corrected chi connectivity index (χ3v) is 2.62. The molecule has 2 heterocycles. The zero-order valence-corrected chi connectivity index (χ0v) is 11.1. The SMILES string of the molecule is F[B-](F)(F)F.O=c1oc2ccccc2cc1-[n+]1ccccc1. The van der Waals surface area contributed by atoms with Crippen molar-refractivity contribution in [3.63, 3.8) is 0 Å². The van der Waals surface area contributed by atoms with Gasteiger partial charge in [-0.1, -0.05) is 24.3 Å². The number of nitrogens with zero attached hydrogens (tertiary/aromatic N) is 1. The van der Waals surface area contributed by atoms with Crippen LogP contribution in [0.5, 0.6) is 0 Å². The summed E-state index contributed by atoms with van der Waals surface area (Å²) in [6, 6.07) is 15.0. The Kier molecular flexibility index (Phi) is 4.60. The molecule has 114 valence electrons. The van der Waals surface area contributed by atoms with Gasteiger partial charge in [-0.3, -0.25) is 0 Å². The van der Waals surface area contributed by atoms with Crippen LogP contribution in [-0.2, 0) is 0 Å². The van der Waals surface area contributed by atoms with Gasteiger partial charge in [0.05, 0.1) is 0 Å². The minimum Gasteiger partial charge on any atom is -0.418 e. The molecule has 0 aliphatic carbocycles. The number of hydrogen-bond donors (Lipinski definition) is 0. The largest absolute Gasteiger partial charge is 0.673 e. The molecule has 8 heteroatoms. The molecule has 0 spiro atoms. The van der Waals surface area contributed by atoms with Gasteiger partial charge >= 0.3 is 12.9 Å². The summed E-state index contributed by atoms with van der Waals surface area (Å²) < 4.78 is 46.0. The summed E-state index contributed by atoms with van der Waals surface area (Å²) in [5.74, 6) is 0. The summed E-state index contributed by atoms with van der Waals surface area (Å²) in [7, 11) is -6.00. The zero-order valence-electron chi connectivity index (χ0n) is 11.1. The first-order valence-corrected chi connectivity index (χ1v) is 6.21. The quantitative estimate of drug-likeness (QED) is 0.299. The van der Waals surface area contributed by atoms with Gasteiger partial charge in [0.1, 0.15) is 5.58 Å². The standard InChI is InChI=1S/C14H10NO2.BF4/c16-14-12(15-8-4-1-5-9-15)10-11-6-2-3-7-13(11)17-14;2-1(3,4)5/h1-10H;/q+1;-1. The predicted molar refractivity (Wildman–Crippen MR) is 74.2 cm³/mol. The zero-order chi connectivity index (χ0) is 16.2. The predicted octanol–water partition coefficient (Wildman–Crippen LogP) is 3.37. The van der Waals surface area contributed by atoms with Crippen molar-refractivity contribution in [3.8, 4) is 5.69 Å². The summed E-state index contributed by atoms with van der Waals surface area (Å²) >= 11 is 0. The van der Waals surface area contributed by atoms with Crippen molar-refractivity contribution in [1.82, 2.24) is 0 Å². The van der Waals surface area contributed by atoms with Gasteiger partial charge in [-0.05, 0) is 6.07 Å². The van der Waals surface area contributed by atoms with Gasteiger partial charge in [-0.25, -0.2) is 4.79 Å². The number of pyridine rings is 1. The van der Waals surface area contributed by atoms with Crippen LogP contribution in [0.2, 0.25) is 0 Å². The van der Waals surface area contributed by atoms with Gasteiger partial charge in [0.15, 0.2) is 12.4 Å². The summed E-state index contributed by atoms with van der Waals surface area (Å²) in [5, 5.41) is 0.915. The lowest BCUT2D eigenvalue weighted by molar-refractivity contribution is -0.597. The van der Waals surface area contributed by atoms with Gasteiger partial charge in [0, 0.05) is 23.6 Å². The van der Waals surface area contributed by atoms with E-state index in [1.54, 1.807) is 10.6 Å². The van der Waals surface area contributed by atoms with Crippen molar-refractivity contribution in [2.45, 2.75) is 0 Å². The molecule has 0 fully saturated rings. The van der Waals surface area contributed by atoms with Crippen LogP contribution >= 0.6 is 0 Å². The number of aromatic nitrogens is 1. The highest BCUT2D eigenvalue weighted by Crippen LogP contribution is 2.12. The van der Waals surface area contributed by atoms with Crippen LogP contribution in [0.1, 0.15) is 0 Å². The van der Waals surface area contributed by atoms with E-state index in [4.69, 9.17) is 4.42 Å². The fourth-order valence-corrected chi connectivity index (χ4v) is 1.79. The first kappa shape index (κ1) is 15.7. The van der Waals surface area contributed by atoms with Crippen molar-refractivity contribution < 1.29 is 26.2 Å². The molecule has 0 amide bonds. The second-order valence-electron chi connectivity index (χ2n) is 4.23.